The molecule has 0 fully saturated rings. The average molecular weight is 206 g/mol. The first kappa shape index (κ1) is 18.6. The van der Waals surface area contributed by atoms with Crippen molar-refractivity contribution in [2.75, 3.05) is 5.75 Å². The van der Waals surface area contributed by atoms with Crippen LogP contribution in [0.25, 0.3) is 0 Å². The summed E-state index contributed by atoms with van der Waals surface area (Å²) >= 11 is 0. The first-order valence-corrected chi connectivity index (χ1v) is 5.07. The molecule has 0 bridgehead atoms. The predicted molar refractivity (Wildman–Crippen MR) is 42.3 cm³/mol. The molecule has 0 atom stereocenters. The number of hydrogen-bond acceptors (Lipinski definition) is 3. The van der Waals surface area contributed by atoms with Gasteiger partial charge in [0, 0.05) is 5.75 Å². The second kappa shape index (κ2) is 9.95. The van der Waals surface area contributed by atoms with E-state index in [1.165, 1.54) is 0 Å². The predicted octanol–water partition coefficient (Wildman–Crippen LogP) is -2.71. The normalized spacial score (nSPS) is 9.83. The topological polar surface area (TPSA) is 88.7 Å². The zero-order chi connectivity index (χ0) is 8.04. The van der Waals surface area contributed by atoms with Gasteiger partial charge in [0.25, 0.3) is 0 Å². The monoisotopic (exact) mass is 206 g/mol. The molecule has 12 heavy (non-hydrogen) atoms. The van der Waals surface area contributed by atoms with Crippen molar-refractivity contribution in [3.8, 4) is 0 Å². The van der Waals surface area contributed by atoms with Crippen molar-refractivity contribution in [1.82, 2.24) is 0 Å². The van der Waals surface area contributed by atoms with E-state index >= 15 is 0 Å². The van der Waals surface area contributed by atoms with Gasteiger partial charge < -0.3 is 10.0 Å². The van der Waals surface area contributed by atoms with E-state index in [0.29, 0.717) is 6.42 Å². The van der Waals surface area contributed by atoms with Crippen LogP contribution in [0, 0.1) is 0 Å². The molecule has 0 saturated carbocycles. The van der Waals surface area contributed by atoms with Crippen molar-refractivity contribution in [3.05, 3.63) is 0 Å². The minimum atomic E-state index is -3.95. The maximum absolute atomic E-state index is 10.0. The molecular formula is C6H15NaO4S. The van der Waals surface area contributed by atoms with Crippen molar-refractivity contribution < 1.29 is 48.0 Å². The van der Waals surface area contributed by atoms with Gasteiger partial charge in [-0.25, -0.2) is 8.42 Å². The zero-order valence-electron chi connectivity index (χ0n) is 7.67. The van der Waals surface area contributed by atoms with Crippen molar-refractivity contribution in [1.29, 1.82) is 0 Å². The van der Waals surface area contributed by atoms with Crippen molar-refractivity contribution in [3.63, 3.8) is 0 Å². The van der Waals surface area contributed by atoms with Gasteiger partial charge in [-0.05, 0) is 6.42 Å². The summed E-state index contributed by atoms with van der Waals surface area (Å²) in [6.45, 7) is 2.03. The van der Waals surface area contributed by atoms with Gasteiger partial charge in [0.05, 0.1) is 10.1 Å². The summed E-state index contributed by atoms with van der Waals surface area (Å²) in [4.78, 5) is 0. The van der Waals surface area contributed by atoms with Crippen LogP contribution < -0.4 is 29.6 Å². The van der Waals surface area contributed by atoms with Crippen LogP contribution in [0.3, 0.4) is 0 Å². The van der Waals surface area contributed by atoms with Gasteiger partial charge in [-0.15, -0.1) is 0 Å². The Labute approximate surface area is 96.1 Å². The molecule has 0 aromatic rings. The van der Waals surface area contributed by atoms with Gasteiger partial charge >= 0.3 is 29.6 Å². The molecule has 0 unspecified atom stereocenters. The Kier molecular flexibility index (Phi) is 15.4. The fourth-order valence-electron chi connectivity index (χ4n) is 0.706. The third-order valence-corrected chi connectivity index (χ3v) is 2.04. The van der Waals surface area contributed by atoms with E-state index in [0.717, 1.165) is 19.3 Å². The molecule has 0 aliphatic rings. The molecule has 0 aliphatic carbocycles. The molecule has 4 nitrogen and oxygen atoms in total. The van der Waals surface area contributed by atoms with Gasteiger partial charge in [-0.2, -0.15) is 0 Å². The fourth-order valence-corrected chi connectivity index (χ4v) is 1.26. The molecule has 0 rings (SSSR count). The van der Waals surface area contributed by atoms with Crippen LogP contribution in [-0.4, -0.2) is 24.2 Å². The van der Waals surface area contributed by atoms with Gasteiger partial charge in [0.1, 0.15) is 0 Å². The Morgan fingerprint density at radius 3 is 2.00 bits per heavy atom. The van der Waals surface area contributed by atoms with E-state index in [2.05, 4.69) is 0 Å². The minimum Gasteiger partial charge on any atom is -0.748 e. The van der Waals surface area contributed by atoms with E-state index in [-0.39, 0.29) is 40.8 Å². The summed E-state index contributed by atoms with van der Waals surface area (Å²) in [6.07, 6.45) is 3.42. The SMILES string of the molecule is CCCCCCS(=O)(=O)[O-].O.[Na+]. The van der Waals surface area contributed by atoms with E-state index in [9.17, 15) is 13.0 Å². The number of hydrogen-bond donors (Lipinski definition) is 0. The summed E-state index contributed by atoms with van der Waals surface area (Å²) in [5.41, 5.74) is 0. The molecule has 0 aliphatic heterocycles. The van der Waals surface area contributed by atoms with E-state index in [4.69, 9.17) is 0 Å². The van der Waals surface area contributed by atoms with Crippen LogP contribution >= 0.6 is 0 Å². The summed E-state index contributed by atoms with van der Waals surface area (Å²) in [6, 6.07) is 0. The molecule has 0 aromatic carbocycles. The molecule has 0 saturated heterocycles. The molecule has 70 valence electrons. The molecule has 0 spiro atoms. The van der Waals surface area contributed by atoms with Crippen molar-refractivity contribution in [2.24, 2.45) is 0 Å². The van der Waals surface area contributed by atoms with Crippen molar-refractivity contribution >= 4 is 10.1 Å². The van der Waals surface area contributed by atoms with Gasteiger partial charge in [-0.3, -0.25) is 0 Å². The largest absolute Gasteiger partial charge is 1.00 e. The van der Waals surface area contributed by atoms with Crippen LogP contribution in [-0.2, 0) is 10.1 Å². The van der Waals surface area contributed by atoms with E-state index in [1.807, 2.05) is 6.92 Å². The third-order valence-electron chi connectivity index (χ3n) is 1.25. The molecule has 0 radical (unpaired) electrons. The second-order valence-corrected chi connectivity index (χ2v) is 3.85. The van der Waals surface area contributed by atoms with Crippen LogP contribution in [0.1, 0.15) is 32.6 Å². The molecule has 0 amide bonds. The van der Waals surface area contributed by atoms with E-state index < -0.39 is 10.1 Å². The van der Waals surface area contributed by atoms with Crippen LogP contribution in [0.4, 0.5) is 0 Å². The Hall–Kier alpha value is 0.870. The molecule has 0 heterocycles. The summed E-state index contributed by atoms with van der Waals surface area (Å²) in [7, 11) is -3.95. The van der Waals surface area contributed by atoms with Crippen molar-refractivity contribution in [2.45, 2.75) is 32.6 Å². The zero-order valence-corrected chi connectivity index (χ0v) is 10.5. The molecule has 2 N–H and O–H groups in total. The average Bonchev–Trinajstić information content (AvgIpc) is 1.78. The Bertz CT molecular complexity index is 166. The van der Waals surface area contributed by atoms with Gasteiger partial charge in [-0.1, -0.05) is 26.2 Å². The molecule has 0 aromatic heterocycles. The first-order chi connectivity index (χ1) is 4.56. The maximum Gasteiger partial charge on any atom is 1.00 e. The number of unbranched alkanes of at least 4 members (excludes halogenated alkanes) is 3. The fraction of sp³-hybridized carbons (Fsp3) is 1.00. The minimum absolute atomic E-state index is 0. The Morgan fingerprint density at radius 2 is 1.67 bits per heavy atom. The number of rotatable bonds is 5. The van der Waals surface area contributed by atoms with Crippen LogP contribution in [0.5, 0.6) is 0 Å². The second-order valence-electron chi connectivity index (χ2n) is 2.32. The van der Waals surface area contributed by atoms with Crippen LogP contribution in [0.15, 0.2) is 0 Å². The van der Waals surface area contributed by atoms with Crippen LogP contribution in [0.2, 0.25) is 0 Å². The molecule has 6 heteroatoms. The van der Waals surface area contributed by atoms with Gasteiger partial charge in [0.2, 0.25) is 0 Å². The Balaban J connectivity index is -0.000000405. The van der Waals surface area contributed by atoms with Gasteiger partial charge in [0.15, 0.2) is 0 Å². The third kappa shape index (κ3) is 17.1. The standard InChI is InChI=1S/C6H14O3S.Na.H2O/c1-2-3-4-5-6-10(7,8)9;;/h2-6H2,1H3,(H,7,8,9);;1H2/q;+1;/p-1. The smallest absolute Gasteiger partial charge is 0.748 e. The summed E-state index contributed by atoms with van der Waals surface area (Å²) < 4.78 is 30.1. The quantitative estimate of drug-likeness (QED) is 0.278. The summed E-state index contributed by atoms with van der Waals surface area (Å²) in [5.74, 6) is -0.201. The summed E-state index contributed by atoms with van der Waals surface area (Å²) in [5, 5.41) is 0. The Morgan fingerprint density at radius 1 is 1.17 bits per heavy atom. The molecular weight excluding hydrogens is 191 g/mol. The first-order valence-electron chi connectivity index (χ1n) is 3.50. The maximum atomic E-state index is 10.0. The van der Waals surface area contributed by atoms with E-state index in [1.54, 1.807) is 0 Å².